The topological polar surface area (TPSA) is 50.4 Å². The predicted octanol–water partition coefficient (Wildman–Crippen LogP) is 1.74. The number of benzene rings is 1. The van der Waals surface area contributed by atoms with Crippen LogP contribution in [0.3, 0.4) is 0 Å². The largest absolute Gasteiger partial charge is 0.366 e. The molecule has 4 heteroatoms. The monoisotopic (exact) mass is 262 g/mol. The van der Waals surface area contributed by atoms with E-state index in [9.17, 15) is 4.79 Å². The predicted molar refractivity (Wildman–Crippen MR) is 76.4 cm³/mol. The van der Waals surface area contributed by atoms with E-state index in [-0.39, 0.29) is 12.0 Å². The summed E-state index contributed by atoms with van der Waals surface area (Å²) in [5.41, 5.74) is 3.32. The SMILES string of the molecule is CCc1cccc(CC)c1NC(=O)C1CNCCO1. The van der Waals surface area contributed by atoms with Crippen molar-refractivity contribution in [3.63, 3.8) is 0 Å². The molecule has 0 spiro atoms. The molecule has 1 amide bonds. The Hall–Kier alpha value is -1.39. The summed E-state index contributed by atoms with van der Waals surface area (Å²) < 4.78 is 5.48. The van der Waals surface area contributed by atoms with E-state index in [1.165, 1.54) is 11.1 Å². The van der Waals surface area contributed by atoms with Crippen LogP contribution in [-0.4, -0.2) is 31.7 Å². The molecule has 19 heavy (non-hydrogen) atoms. The van der Waals surface area contributed by atoms with Gasteiger partial charge in [0, 0.05) is 18.8 Å². The van der Waals surface area contributed by atoms with Gasteiger partial charge in [0.1, 0.15) is 6.10 Å². The number of nitrogens with one attached hydrogen (secondary N) is 2. The zero-order valence-electron chi connectivity index (χ0n) is 11.7. The number of aryl methyl sites for hydroxylation is 2. The van der Waals surface area contributed by atoms with Crippen LogP contribution in [0.5, 0.6) is 0 Å². The van der Waals surface area contributed by atoms with Gasteiger partial charge in [-0.05, 0) is 24.0 Å². The van der Waals surface area contributed by atoms with Crippen molar-refractivity contribution in [2.75, 3.05) is 25.0 Å². The van der Waals surface area contributed by atoms with Crippen molar-refractivity contribution in [1.82, 2.24) is 5.32 Å². The summed E-state index contributed by atoms with van der Waals surface area (Å²) in [6.07, 6.45) is 1.43. The Morgan fingerprint density at radius 2 is 2.05 bits per heavy atom. The first-order chi connectivity index (χ1) is 9.26. The molecule has 2 N–H and O–H groups in total. The molecule has 1 aromatic carbocycles. The first kappa shape index (κ1) is 14.0. The van der Waals surface area contributed by atoms with Gasteiger partial charge in [-0.25, -0.2) is 0 Å². The van der Waals surface area contributed by atoms with Crippen LogP contribution in [0, 0.1) is 0 Å². The third-order valence-electron chi connectivity index (χ3n) is 3.47. The van der Waals surface area contributed by atoms with Crippen LogP contribution in [0.4, 0.5) is 5.69 Å². The van der Waals surface area contributed by atoms with Crippen molar-refractivity contribution in [2.24, 2.45) is 0 Å². The lowest BCUT2D eigenvalue weighted by Gasteiger charge is -2.24. The fraction of sp³-hybridized carbons (Fsp3) is 0.533. The van der Waals surface area contributed by atoms with Crippen molar-refractivity contribution in [2.45, 2.75) is 32.8 Å². The highest BCUT2D eigenvalue weighted by Crippen LogP contribution is 2.23. The number of hydrogen-bond acceptors (Lipinski definition) is 3. The molecule has 1 unspecified atom stereocenters. The summed E-state index contributed by atoms with van der Waals surface area (Å²) in [5, 5.41) is 6.22. The molecule has 2 rings (SSSR count). The van der Waals surface area contributed by atoms with Crippen molar-refractivity contribution in [1.29, 1.82) is 0 Å². The average Bonchev–Trinajstić information content (AvgIpc) is 2.48. The number of anilines is 1. The molecule has 1 saturated heterocycles. The lowest BCUT2D eigenvalue weighted by molar-refractivity contribution is -0.128. The highest BCUT2D eigenvalue weighted by molar-refractivity contribution is 5.95. The summed E-state index contributed by atoms with van der Waals surface area (Å²) in [7, 11) is 0. The Labute approximate surface area is 114 Å². The number of hydrogen-bond donors (Lipinski definition) is 2. The summed E-state index contributed by atoms with van der Waals surface area (Å²) in [6, 6.07) is 6.18. The average molecular weight is 262 g/mol. The molecule has 0 radical (unpaired) electrons. The Bertz CT molecular complexity index is 418. The molecule has 0 bridgehead atoms. The van der Waals surface area contributed by atoms with Crippen LogP contribution in [0.2, 0.25) is 0 Å². The quantitative estimate of drug-likeness (QED) is 0.869. The van der Waals surface area contributed by atoms with E-state index in [1.807, 2.05) is 6.07 Å². The van der Waals surface area contributed by atoms with Gasteiger partial charge >= 0.3 is 0 Å². The first-order valence-corrected chi connectivity index (χ1v) is 7.00. The van der Waals surface area contributed by atoms with Gasteiger partial charge in [-0.3, -0.25) is 4.79 Å². The lowest BCUT2D eigenvalue weighted by atomic mass is 10.0. The van der Waals surface area contributed by atoms with E-state index in [2.05, 4.69) is 36.6 Å². The molecular formula is C15H22N2O2. The summed E-state index contributed by atoms with van der Waals surface area (Å²) in [6.45, 7) is 6.19. The van der Waals surface area contributed by atoms with Crippen molar-refractivity contribution in [3.8, 4) is 0 Å². The van der Waals surface area contributed by atoms with Crippen LogP contribution < -0.4 is 10.6 Å². The Morgan fingerprint density at radius 3 is 2.58 bits per heavy atom. The number of carbonyl (C=O) groups is 1. The van der Waals surface area contributed by atoms with Crippen LogP contribution >= 0.6 is 0 Å². The zero-order chi connectivity index (χ0) is 13.7. The third-order valence-corrected chi connectivity index (χ3v) is 3.47. The van der Waals surface area contributed by atoms with Gasteiger partial charge in [-0.15, -0.1) is 0 Å². The van der Waals surface area contributed by atoms with Gasteiger partial charge in [0.25, 0.3) is 5.91 Å². The molecule has 0 aromatic heterocycles. The molecule has 1 aromatic rings. The Balaban J connectivity index is 2.15. The van der Waals surface area contributed by atoms with Crippen LogP contribution in [-0.2, 0) is 22.4 Å². The number of morpholine rings is 1. The number of ether oxygens (including phenoxy) is 1. The van der Waals surface area contributed by atoms with Gasteiger partial charge in [0.2, 0.25) is 0 Å². The summed E-state index contributed by atoms with van der Waals surface area (Å²) in [4.78, 5) is 12.2. The number of amides is 1. The minimum Gasteiger partial charge on any atom is -0.366 e. The molecule has 1 aliphatic heterocycles. The van der Waals surface area contributed by atoms with Gasteiger partial charge in [-0.2, -0.15) is 0 Å². The molecule has 0 aliphatic carbocycles. The van der Waals surface area contributed by atoms with Crippen LogP contribution in [0.1, 0.15) is 25.0 Å². The van der Waals surface area contributed by atoms with E-state index >= 15 is 0 Å². The van der Waals surface area contributed by atoms with Gasteiger partial charge in [0.15, 0.2) is 0 Å². The minimum atomic E-state index is -0.386. The highest BCUT2D eigenvalue weighted by atomic mass is 16.5. The highest BCUT2D eigenvalue weighted by Gasteiger charge is 2.22. The minimum absolute atomic E-state index is 0.0530. The van der Waals surface area contributed by atoms with Crippen molar-refractivity contribution >= 4 is 11.6 Å². The second kappa shape index (κ2) is 6.68. The number of carbonyl (C=O) groups excluding carboxylic acids is 1. The number of rotatable bonds is 4. The second-order valence-electron chi connectivity index (χ2n) is 4.71. The molecule has 1 heterocycles. The Morgan fingerprint density at radius 1 is 1.37 bits per heavy atom. The summed E-state index contributed by atoms with van der Waals surface area (Å²) >= 11 is 0. The summed E-state index contributed by atoms with van der Waals surface area (Å²) in [5.74, 6) is -0.0530. The van der Waals surface area contributed by atoms with Gasteiger partial charge < -0.3 is 15.4 Å². The standard InChI is InChI=1S/C15H22N2O2/c1-3-11-6-5-7-12(4-2)14(11)17-15(18)13-10-16-8-9-19-13/h5-7,13,16H,3-4,8-10H2,1-2H3,(H,17,18). The van der Waals surface area contributed by atoms with E-state index in [0.717, 1.165) is 25.1 Å². The fourth-order valence-electron chi connectivity index (χ4n) is 2.34. The molecular weight excluding hydrogens is 240 g/mol. The smallest absolute Gasteiger partial charge is 0.254 e. The second-order valence-corrected chi connectivity index (χ2v) is 4.71. The van der Waals surface area contributed by atoms with E-state index in [1.54, 1.807) is 0 Å². The molecule has 4 nitrogen and oxygen atoms in total. The zero-order valence-corrected chi connectivity index (χ0v) is 11.7. The lowest BCUT2D eigenvalue weighted by Crippen LogP contribution is -2.45. The Kier molecular flexibility index (Phi) is 4.93. The van der Waals surface area contributed by atoms with E-state index in [4.69, 9.17) is 4.74 Å². The third kappa shape index (κ3) is 3.33. The molecule has 1 fully saturated rings. The molecule has 1 atom stereocenters. The van der Waals surface area contributed by atoms with Gasteiger partial charge in [0.05, 0.1) is 6.61 Å². The van der Waals surface area contributed by atoms with Gasteiger partial charge in [-0.1, -0.05) is 32.0 Å². The van der Waals surface area contributed by atoms with Crippen molar-refractivity contribution in [3.05, 3.63) is 29.3 Å². The van der Waals surface area contributed by atoms with Crippen LogP contribution in [0.25, 0.3) is 0 Å². The van der Waals surface area contributed by atoms with E-state index < -0.39 is 0 Å². The molecule has 0 saturated carbocycles. The fourth-order valence-corrected chi connectivity index (χ4v) is 2.34. The number of para-hydroxylation sites is 1. The normalized spacial score (nSPS) is 19.2. The molecule has 1 aliphatic rings. The maximum Gasteiger partial charge on any atom is 0.254 e. The first-order valence-electron chi connectivity index (χ1n) is 7.00. The van der Waals surface area contributed by atoms with Crippen molar-refractivity contribution < 1.29 is 9.53 Å². The maximum atomic E-state index is 12.2. The molecule has 104 valence electrons. The van der Waals surface area contributed by atoms with E-state index in [0.29, 0.717) is 13.2 Å². The van der Waals surface area contributed by atoms with Crippen LogP contribution in [0.15, 0.2) is 18.2 Å². The maximum absolute atomic E-state index is 12.2.